The maximum Gasteiger partial charge on any atom is 0.272 e. The lowest BCUT2D eigenvalue weighted by Gasteiger charge is -2.14. The SMILES string of the molecule is Cc1nc2c(C(=O)NCc3cccs3)nc(-c3ccccc3)cc2n1C1CCS(=O)(=O)C1. The number of carbonyl (C=O) groups excluding carboxylic acids is 1. The molecule has 1 aliphatic heterocycles. The Bertz CT molecular complexity index is 1390. The number of carbonyl (C=O) groups is 1. The molecule has 1 fully saturated rings. The van der Waals surface area contributed by atoms with Gasteiger partial charge in [-0.25, -0.2) is 18.4 Å². The zero-order chi connectivity index (χ0) is 22.3. The standard InChI is InChI=1S/C23H22N4O3S2/c1-15-25-21-20(27(15)17-9-11-32(29,30)14-17)12-19(16-6-3-2-4-7-16)26-22(21)23(28)24-13-18-8-5-10-31-18/h2-8,10,12,17H,9,11,13-14H2,1H3,(H,24,28). The number of nitrogens with one attached hydrogen (secondary N) is 1. The highest BCUT2D eigenvalue weighted by molar-refractivity contribution is 7.91. The molecule has 7 nitrogen and oxygen atoms in total. The lowest BCUT2D eigenvalue weighted by atomic mass is 10.1. The number of imidazole rings is 1. The van der Waals surface area contributed by atoms with Crippen molar-refractivity contribution in [2.75, 3.05) is 11.5 Å². The maximum absolute atomic E-state index is 13.2. The van der Waals surface area contributed by atoms with Crippen LogP contribution in [0.25, 0.3) is 22.3 Å². The first-order chi connectivity index (χ1) is 15.4. The summed E-state index contributed by atoms with van der Waals surface area (Å²) in [7, 11) is -3.07. The molecule has 5 rings (SSSR count). The van der Waals surface area contributed by atoms with Crippen LogP contribution in [0.2, 0.25) is 0 Å². The Balaban J connectivity index is 1.63. The number of aryl methyl sites for hydroxylation is 1. The second-order valence-corrected chi connectivity index (χ2v) is 11.2. The number of hydrogen-bond acceptors (Lipinski definition) is 6. The average Bonchev–Trinajstić information content (AvgIpc) is 3.50. The first-order valence-corrected chi connectivity index (χ1v) is 13.1. The van der Waals surface area contributed by atoms with E-state index >= 15 is 0 Å². The first kappa shape index (κ1) is 20.8. The Hall–Kier alpha value is -3.04. The van der Waals surface area contributed by atoms with Crippen LogP contribution in [0.5, 0.6) is 0 Å². The molecule has 1 N–H and O–H groups in total. The Morgan fingerprint density at radius 1 is 1.19 bits per heavy atom. The van der Waals surface area contributed by atoms with E-state index in [0.29, 0.717) is 30.0 Å². The van der Waals surface area contributed by atoms with E-state index in [0.717, 1.165) is 16.0 Å². The van der Waals surface area contributed by atoms with Crippen molar-refractivity contribution in [1.82, 2.24) is 19.9 Å². The average molecular weight is 467 g/mol. The zero-order valence-electron chi connectivity index (χ0n) is 17.5. The summed E-state index contributed by atoms with van der Waals surface area (Å²) in [5.41, 5.74) is 3.02. The summed E-state index contributed by atoms with van der Waals surface area (Å²) in [6.07, 6.45) is 0.539. The van der Waals surface area contributed by atoms with Crippen LogP contribution in [0.4, 0.5) is 0 Å². The molecule has 0 aliphatic carbocycles. The molecule has 0 bridgehead atoms. The third kappa shape index (κ3) is 3.93. The van der Waals surface area contributed by atoms with Crippen molar-refractivity contribution in [2.24, 2.45) is 0 Å². The Morgan fingerprint density at radius 2 is 2.00 bits per heavy atom. The van der Waals surface area contributed by atoms with Crippen molar-refractivity contribution in [1.29, 1.82) is 0 Å². The molecule has 0 saturated carbocycles. The normalized spacial score (nSPS) is 17.6. The van der Waals surface area contributed by atoms with E-state index in [2.05, 4.69) is 15.3 Å². The predicted molar refractivity (Wildman–Crippen MR) is 125 cm³/mol. The van der Waals surface area contributed by atoms with Crippen LogP contribution in [-0.4, -0.2) is 40.4 Å². The number of rotatable bonds is 5. The zero-order valence-corrected chi connectivity index (χ0v) is 19.1. The quantitative estimate of drug-likeness (QED) is 0.483. The second kappa shape index (κ2) is 8.14. The van der Waals surface area contributed by atoms with E-state index in [1.165, 1.54) is 0 Å². The number of amides is 1. The summed E-state index contributed by atoms with van der Waals surface area (Å²) in [5.74, 6) is 0.635. The third-order valence-electron chi connectivity index (χ3n) is 5.72. The van der Waals surface area contributed by atoms with Gasteiger partial charge in [-0.15, -0.1) is 11.3 Å². The van der Waals surface area contributed by atoms with Crippen molar-refractivity contribution in [2.45, 2.75) is 25.9 Å². The van der Waals surface area contributed by atoms with Crippen molar-refractivity contribution in [3.8, 4) is 11.3 Å². The molecule has 1 amide bonds. The second-order valence-electron chi connectivity index (χ2n) is 7.94. The molecule has 0 spiro atoms. The minimum Gasteiger partial charge on any atom is -0.346 e. The molecule has 164 valence electrons. The van der Waals surface area contributed by atoms with Crippen molar-refractivity contribution in [3.63, 3.8) is 0 Å². The lowest BCUT2D eigenvalue weighted by Crippen LogP contribution is -2.24. The van der Waals surface area contributed by atoms with Crippen LogP contribution < -0.4 is 5.32 Å². The largest absolute Gasteiger partial charge is 0.346 e. The van der Waals surface area contributed by atoms with Gasteiger partial charge in [0.15, 0.2) is 15.5 Å². The van der Waals surface area contributed by atoms with E-state index in [1.54, 1.807) is 11.3 Å². The van der Waals surface area contributed by atoms with Gasteiger partial charge >= 0.3 is 0 Å². The number of thiophene rings is 1. The van der Waals surface area contributed by atoms with E-state index in [-0.39, 0.29) is 29.1 Å². The van der Waals surface area contributed by atoms with Gasteiger partial charge < -0.3 is 9.88 Å². The fourth-order valence-electron chi connectivity index (χ4n) is 4.23. The molecule has 1 unspecified atom stereocenters. The van der Waals surface area contributed by atoms with E-state index in [4.69, 9.17) is 0 Å². The summed E-state index contributed by atoms with van der Waals surface area (Å²) in [6.45, 7) is 2.26. The van der Waals surface area contributed by atoms with Gasteiger partial charge in [0.05, 0.1) is 35.3 Å². The molecule has 4 heterocycles. The molecular weight excluding hydrogens is 444 g/mol. The van der Waals surface area contributed by atoms with E-state index in [1.807, 2.05) is 65.4 Å². The Labute approximate surface area is 190 Å². The fourth-order valence-corrected chi connectivity index (χ4v) is 6.57. The Morgan fingerprint density at radius 3 is 2.69 bits per heavy atom. The van der Waals surface area contributed by atoms with Gasteiger partial charge in [-0.1, -0.05) is 36.4 Å². The molecule has 1 aliphatic rings. The molecule has 1 aromatic carbocycles. The molecule has 32 heavy (non-hydrogen) atoms. The van der Waals surface area contributed by atoms with Gasteiger partial charge in [-0.05, 0) is 30.9 Å². The minimum atomic E-state index is -3.07. The Kier molecular flexibility index (Phi) is 5.30. The summed E-state index contributed by atoms with van der Waals surface area (Å²) >= 11 is 1.58. The number of hydrogen-bond donors (Lipinski definition) is 1. The summed E-state index contributed by atoms with van der Waals surface area (Å²) in [4.78, 5) is 23.5. The smallest absolute Gasteiger partial charge is 0.272 e. The van der Waals surface area contributed by atoms with E-state index in [9.17, 15) is 13.2 Å². The highest BCUT2D eigenvalue weighted by atomic mass is 32.2. The molecular formula is C23H22N4O3S2. The summed E-state index contributed by atoms with van der Waals surface area (Å²) < 4.78 is 26.2. The van der Waals surface area contributed by atoms with Gasteiger partial charge in [-0.2, -0.15) is 0 Å². The van der Waals surface area contributed by atoms with Gasteiger partial charge in [0.1, 0.15) is 11.3 Å². The number of sulfone groups is 1. The lowest BCUT2D eigenvalue weighted by molar-refractivity contribution is 0.0948. The number of fused-ring (bicyclic) bond motifs is 1. The van der Waals surface area contributed by atoms with Gasteiger partial charge in [0.25, 0.3) is 5.91 Å². The van der Waals surface area contributed by atoms with Crippen LogP contribution >= 0.6 is 11.3 Å². The maximum atomic E-state index is 13.2. The highest BCUT2D eigenvalue weighted by Gasteiger charge is 2.32. The molecule has 9 heteroatoms. The molecule has 1 saturated heterocycles. The number of aromatic nitrogens is 3. The van der Waals surface area contributed by atoms with Crippen molar-refractivity contribution >= 4 is 38.1 Å². The summed E-state index contributed by atoms with van der Waals surface area (Å²) in [5, 5.41) is 4.91. The minimum absolute atomic E-state index is 0.0855. The number of nitrogens with zero attached hydrogens (tertiary/aromatic N) is 3. The fraction of sp³-hybridized carbons (Fsp3) is 0.261. The van der Waals surface area contributed by atoms with Crippen molar-refractivity contribution < 1.29 is 13.2 Å². The first-order valence-electron chi connectivity index (χ1n) is 10.4. The van der Waals surface area contributed by atoms with Crippen LogP contribution in [-0.2, 0) is 16.4 Å². The van der Waals surface area contributed by atoms with Crippen LogP contribution in [0.3, 0.4) is 0 Å². The number of benzene rings is 1. The highest BCUT2D eigenvalue weighted by Crippen LogP contribution is 2.32. The van der Waals surface area contributed by atoms with Crippen molar-refractivity contribution in [3.05, 3.63) is 70.3 Å². The molecule has 4 aromatic rings. The van der Waals surface area contributed by atoms with Gasteiger partial charge in [-0.3, -0.25) is 4.79 Å². The summed E-state index contributed by atoms with van der Waals surface area (Å²) in [6, 6.07) is 15.3. The third-order valence-corrected chi connectivity index (χ3v) is 8.34. The van der Waals surface area contributed by atoms with Crippen LogP contribution in [0, 0.1) is 6.92 Å². The van der Waals surface area contributed by atoms with Gasteiger partial charge in [0.2, 0.25) is 0 Å². The molecule has 0 radical (unpaired) electrons. The van der Waals surface area contributed by atoms with Gasteiger partial charge in [0, 0.05) is 10.4 Å². The molecule has 1 atom stereocenters. The monoisotopic (exact) mass is 466 g/mol. The van der Waals surface area contributed by atoms with Crippen LogP contribution in [0.1, 0.15) is 33.7 Å². The van der Waals surface area contributed by atoms with E-state index < -0.39 is 9.84 Å². The number of pyridine rings is 1. The predicted octanol–water partition coefficient (Wildman–Crippen LogP) is 3.76. The molecule has 3 aromatic heterocycles. The topological polar surface area (TPSA) is 93.9 Å². The van der Waals surface area contributed by atoms with Crippen LogP contribution in [0.15, 0.2) is 53.9 Å².